The number of benzene rings is 2. The summed E-state index contributed by atoms with van der Waals surface area (Å²) in [5.41, 5.74) is 0. The van der Waals surface area contributed by atoms with E-state index in [0.717, 1.165) is 0 Å². The van der Waals surface area contributed by atoms with E-state index in [-0.39, 0.29) is 41.9 Å². The topological polar surface area (TPSA) is 225 Å². The van der Waals surface area contributed by atoms with Crippen molar-refractivity contribution in [1.82, 2.24) is 0 Å². The van der Waals surface area contributed by atoms with E-state index in [1.807, 2.05) is 0 Å². The minimum Gasteiger partial charge on any atom is -0.810 e. The van der Waals surface area contributed by atoms with Crippen LogP contribution in [0.5, 0.6) is 11.5 Å². The number of hydrogen-bond acceptors (Lipinski definition) is 12. The zero-order valence-electron chi connectivity index (χ0n) is 17.0. The number of para-hydroxylation sites is 2. The van der Waals surface area contributed by atoms with Crippen LogP contribution in [0.15, 0.2) is 60.7 Å². The Morgan fingerprint density at radius 2 is 0.758 bits per heavy atom. The predicted octanol–water partition coefficient (Wildman–Crippen LogP) is -2.16. The van der Waals surface area contributed by atoms with Crippen LogP contribution in [-0.2, 0) is 18.3 Å². The molecule has 0 amide bonds. The summed E-state index contributed by atoms with van der Waals surface area (Å²) >= 11 is 0. The Labute approximate surface area is 201 Å². The molecule has 0 heterocycles. The van der Waals surface area contributed by atoms with E-state index < -0.39 is 42.2 Å². The van der Waals surface area contributed by atoms with E-state index in [0.29, 0.717) is 0 Å². The molecule has 0 bridgehead atoms. The van der Waals surface area contributed by atoms with Crippen LogP contribution in [-0.4, -0.2) is 42.2 Å². The van der Waals surface area contributed by atoms with Gasteiger partial charge in [-0.25, -0.2) is 0 Å². The summed E-state index contributed by atoms with van der Waals surface area (Å²) in [5.74, 6) is -3.09. The zero-order chi connectivity index (χ0) is 23.1. The molecule has 2 aromatic rings. The molecule has 0 aliphatic carbocycles. The van der Waals surface area contributed by atoms with Gasteiger partial charge in [0.2, 0.25) is 0 Å². The van der Waals surface area contributed by atoms with E-state index >= 15 is 0 Å². The Kier molecular flexibility index (Phi) is 17.0. The first-order valence-corrected chi connectivity index (χ1v) is 14.6. The molecular weight excluding hydrogens is 511 g/mol. The van der Waals surface area contributed by atoms with Gasteiger partial charge in [-0.2, -0.15) is 0 Å². The van der Waals surface area contributed by atoms with Crippen molar-refractivity contribution in [2.45, 2.75) is 0 Å². The van der Waals surface area contributed by atoms with Gasteiger partial charge in [-0.1, -0.05) is 51.6 Å². The van der Waals surface area contributed by atoms with Gasteiger partial charge in [-0.15, -0.1) is 0 Å². The third-order valence-electron chi connectivity index (χ3n) is 2.67. The van der Waals surface area contributed by atoms with Crippen molar-refractivity contribution in [3.05, 3.63) is 60.7 Å². The van der Waals surface area contributed by atoms with Gasteiger partial charge in [0.15, 0.2) is 15.2 Å². The van der Waals surface area contributed by atoms with Crippen molar-refractivity contribution >= 4 is 60.7 Å². The summed E-state index contributed by atoms with van der Waals surface area (Å²) < 4.78 is 51.4. The summed E-state index contributed by atoms with van der Waals surface area (Å²) in [4.78, 5) is 63.1. The third-order valence-corrected chi connectivity index (χ3v) is 9.19. The van der Waals surface area contributed by atoms with Crippen LogP contribution in [0.25, 0.3) is 0 Å². The van der Waals surface area contributed by atoms with Gasteiger partial charge in [0.05, 0.1) is 11.8 Å². The SMILES string of the molecule is O=P([O-])([O-])CP(=O)([O-])Oc1ccccc1.O=P([O-])([O-])CP(=O)([O-])Oc1ccccc1.[Be+2].[Be+2].[Be+2]. The fraction of sp³-hybridized carbons (Fsp3) is 0.143. The standard InChI is InChI=1S/2C7H10O6P2.3Be/c2*8-14(9,10)6-15(11,12)13-7-4-2-1-3-5-7;;;/h2*1-5H,6H2,(H,11,12)(H2,8,9,10);;;/q;;3*+2/p-6. The molecule has 0 aromatic heterocycles. The summed E-state index contributed by atoms with van der Waals surface area (Å²) in [6.45, 7) is 0. The molecule has 33 heavy (non-hydrogen) atoms. The van der Waals surface area contributed by atoms with E-state index in [4.69, 9.17) is 0 Å². The first kappa shape index (κ1) is 36.8. The maximum absolute atomic E-state index is 11.0. The normalized spacial score (nSPS) is 14.2. The van der Waals surface area contributed by atoms with Crippen LogP contribution in [0.3, 0.4) is 0 Å². The molecule has 0 spiro atoms. The Morgan fingerprint density at radius 3 is 0.970 bits per heavy atom. The van der Waals surface area contributed by atoms with Crippen molar-refractivity contribution in [2.24, 2.45) is 0 Å². The molecule has 19 heteroatoms. The second kappa shape index (κ2) is 15.3. The Balaban J connectivity index is -0.000000500. The quantitative estimate of drug-likeness (QED) is 0.265. The van der Waals surface area contributed by atoms with Crippen molar-refractivity contribution in [1.29, 1.82) is 0 Å². The molecule has 2 aromatic carbocycles. The second-order valence-electron chi connectivity index (χ2n) is 5.54. The molecule has 0 fully saturated rings. The summed E-state index contributed by atoms with van der Waals surface area (Å²) in [5, 5.41) is 0. The molecule has 0 aliphatic rings. The maximum Gasteiger partial charge on any atom is 2.00 e. The molecule has 0 N–H and O–H groups in total. The van der Waals surface area contributed by atoms with E-state index in [1.165, 1.54) is 48.5 Å². The van der Waals surface area contributed by atoms with Crippen LogP contribution in [0, 0.1) is 0 Å². The van der Waals surface area contributed by atoms with Crippen molar-refractivity contribution in [3.63, 3.8) is 0 Å². The Morgan fingerprint density at radius 1 is 0.515 bits per heavy atom. The van der Waals surface area contributed by atoms with Crippen molar-refractivity contribution in [3.8, 4) is 11.5 Å². The molecule has 0 saturated carbocycles. The molecular formula is C14H14Be3O12P4. The third kappa shape index (κ3) is 19.2. The molecule has 12 nitrogen and oxygen atoms in total. The molecule has 2 rings (SSSR count). The van der Waals surface area contributed by atoms with Gasteiger partial charge in [0.1, 0.15) is 11.5 Å². The van der Waals surface area contributed by atoms with Gasteiger partial charge in [-0.3, -0.25) is 9.13 Å². The largest absolute Gasteiger partial charge is 2.00 e. The zero-order valence-corrected chi connectivity index (χ0v) is 20.6. The molecule has 2 unspecified atom stereocenters. The summed E-state index contributed by atoms with van der Waals surface area (Å²) in [6, 6.07) is 14.7. The number of rotatable bonds is 8. The summed E-state index contributed by atoms with van der Waals surface area (Å²) in [7, 11) is -19.6. The van der Waals surface area contributed by atoms with Crippen LogP contribution in [0.1, 0.15) is 0 Å². The average molecular weight is 525 g/mol. The van der Waals surface area contributed by atoms with E-state index in [1.54, 1.807) is 12.1 Å². The number of hydrogen-bond donors (Lipinski definition) is 0. The van der Waals surface area contributed by atoms with E-state index in [2.05, 4.69) is 9.05 Å². The maximum atomic E-state index is 11.0. The first-order valence-electron chi connectivity index (χ1n) is 7.69. The van der Waals surface area contributed by atoms with Gasteiger partial charge in [0, 0.05) is 0 Å². The summed E-state index contributed by atoms with van der Waals surface area (Å²) in [6.07, 6.45) is 0. The van der Waals surface area contributed by atoms with Gasteiger partial charge in [0.25, 0.3) is 0 Å². The van der Waals surface area contributed by atoms with Crippen LogP contribution in [0.2, 0.25) is 0 Å². The van der Waals surface area contributed by atoms with Gasteiger partial charge < -0.3 is 47.5 Å². The molecule has 168 valence electrons. The van der Waals surface area contributed by atoms with Gasteiger partial charge >= 0.3 is 30.4 Å². The van der Waals surface area contributed by atoms with Gasteiger partial charge in [-0.05, 0) is 24.3 Å². The van der Waals surface area contributed by atoms with E-state index in [9.17, 15) is 47.6 Å². The fourth-order valence-electron chi connectivity index (χ4n) is 1.77. The fourth-order valence-corrected chi connectivity index (χ4v) is 6.51. The second-order valence-corrected chi connectivity index (χ2v) is 13.1. The van der Waals surface area contributed by atoms with Crippen molar-refractivity contribution < 1.29 is 56.7 Å². The minimum absolute atomic E-state index is 0. The molecule has 0 saturated heterocycles. The Bertz CT molecular complexity index is 918. The molecule has 0 aliphatic heterocycles. The molecule has 2 atom stereocenters. The first-order chi connectivity index (χ1) is 13.6. The average Bonchev–Trinajstić information content (AvgIpc) is 2.51. The van der Waals surface area contributed by atoms with Crippen LogP contribution < -0.4 is 38.4 Å². The minimum atomic E-state index is -5.12. The monoisotopic (exact) mass is 525 g/mol. The van der Waals surface area contributed by atoms with Crippen LogP contribution >= 0.6 is 30.4 Å². The van der Waals surface area contributed by atoms with Crippen LogP contribution in [0.4, 0.5) is 0 Å². The molecule has 0 radical (unpaired) electrons. The smallest absolute Gasteiger partial charge is 0.810 e. The Hall–Kier alpha value is -0.774. The van der Waals surface area contributed by atoms with Crippen molar-refractivity contribution in [2.75, 3.05) is 11.8 Å². The predicted molar refractivity (Wildman–Crippen MR) is 112 cm³/mol.